The smallest absolute Gasteiger partial charge is 0.276 e. The van der Waals surface area contributed by atoms with Gasteiger partial charge in [0, 0.05) is 22.7 Å². The molecule has 0 atom stereocenters. The molecule has 0 aliphatic heterocycles. The third-order valence-electron chi connectivity index (χ3n) is 5.97. The van der Waals surface area contributed by atoms with Gasteiger partial charge in [-0.2, -0.15) is 4.98 Å². The van der Waals surface area contributed by atoms with E-state index < -0.39 is 0 Å². The molecule has 1 aromatic carbocycles. The van der Waals surface area contributed by atoms with Crippen LogP contribution in [0.1, 0.15) is 61.9 Å². The summed E-state index contributed by atoms with van der Waals surface area (Å²) in [5.41, 5.74) is 5.55. The maximum atomic E-state index is 5.45. The van der Waals surface area contributed by atoms with E-state index in [9.17, 15) is 0 Å². The summed E-state index contributed by atoms with van der Waals surface area (Å²) in [5.74, 6) is 1.91. The molecule has 1 aliphatic rings. The number of nitrogens with one attached hydrogen (secondary N) is 1. The lowest BCUT2D eigenvalue weighted by molar-refractivity contribution is 0.422. The zero-order chi connectivity index (χ0) is 18.4. The second kappa shape index (κ2) is 6.48. The molecule has 4 aromatic rings. The number of nitrogens with zero attached hydrogens (tertiary/aromatic N) is 3. The molecule has 0 radical (unpaired) electrons. The van der Waals surface area contributed by atoms with Gasteiger partial charge in [0.15, 0.2) is 5.82 Å². The molecule has 0 saturated heterocycles. The lowest BCUT2D eigenvalue weighted by Gasteiger charge is -2.22. The number of aryl methyl sites for hydroxylation is 2. The molecule has 1 aliphatic carbocycles. The van der Waals surface area contributed by atoms with Gasteiger partial charge in [-0.3, -0.25) is 0 Å². The van der Waals surface area contributed by atoms with Crippen molar-refractivity contribution in [2.45, 2.75) is 58.3 Å². The molecule has 5 heteroatoms. The van der Waals surface area contributed by atoms with Crippen LogP contribution in [0.25, 0.3) is 33.4 Å². The number of aromatic amines is 1. The molecule has 3 heterocycles. The first kappa shape index (κ1) is 16.5. The Bertz CT molecular complexity index is 1120. The summed E-state index contributed by atoms with van der Waals surface area (Å²) < 4.78 is 5.45. The Hall–Kier alpha value is -2.69. The van der Waals surface area contributed by atoms with E-state index in [0.29, 0.717) is 17.6 Å². The fraction of sp³-hybridized carbons (Fsp3) is 0.409. The maximum Gasteiger partial charge on any atom is 0.276 e. The molecule has 1 fully saturated rings. The van der Waals surface area contributed by atoms with E-state index in [4.69, 9.17) is 4.52 Å². The molecule has 5 rings (SSSR count). The van der Waals surface area contributed by atoms with E-state index in [2.05, 4.69) is 45.2 Å². The molecular formula is C22H24N4O. The van der Waals surface area contributed by atoms with E-state index in [0.717, 1.165) is 28.7 Å². The number of fused-ring (bicyclic) bond motifs is 3. The minimum absolute atomic E-state index is 0.504. The quantitative estimate of drug-likeness (QED) is 0.510. The molecule has 1 N–H and O–H groups in total. The number of pyridine rings is 1. The van der Waals surface area contributed by atoms with Crippen LogP contribution in [0.4, 0.5) is 0 Å². The SMILES string of the molecule is CCc1noc(-c2ncc3[nH]c4ccc(C5CCCCC5)cc4c3c2C)n1. The number of benzene rings is 1. The molecule has 1 saturated carbocycles. The summed E-state index contributed by atoms with van der Waals surface area (Å²) in [5, 5.41) is 6.50. The Morgan fingerprint density at radius 2 is 2.00 bits per heavy atom. The van der Waals surface area contributed by atoms with Crippen molar-refractivity contribution in [3.8, 4) is 11.6 Å². The molecule has 27 heavy (non-hydrogen) atoms. The Morgan fingerprint density at radius 3 is 2.78 bits per heavy atom. The van der Waals surface area contributed by atoms with Gasteiger partial charge in [0.2, 0.25) is 0 Å². The van der Waals surface area contributed by atoms with E-state index in [1.54, 1.807) is 0 Å². The lowest BCUT2D eigenvalue weighted by atomic mass is 9.83. The van der Waals surface area contributed by atoms with E-state index in [-0.39, 0.29) is 0 Å². The number of H-pyrrole nitrogens is 1. The van der Waals surface area contributed by atoms with Crippen molar-refractivity contribution in [2.24, 2.45) is 0 Å². The average Bonchev–Trinajstić information content (AvgIpc) is 3.33. The van der Waals surface area contributed by atoms with Crippen LogP contribution >= 0.6 is 0 Å². The van der Waals surface area contributed by atoms with Gasteiger partial charge in [-0.25, -0.2) is 4.98 Å². The molecule has 0 spiro atoms. The fourth-order valence-electron chi connectivity index (χ4n) is 4.47. The fourth-order valence-corrected chi connectivity index (χ4v) is 4.47. The van der Waals surface area contributed by atoms with Crippen molar-refractivity contribution >= 4 is 21.8 Å². The van der Waals surface area contributed by atoms with Crippen LogP contribution in [-0.4, -0.2) is 20.1 Å². The van der Waals surface area contributed by atoms with Crippen LogP contribution in [0.5, 0.6) is 0 Å². The van der Waals surface area contributed by atoms with Crippen molar-refractivity contribution < 1.29 is 4.52 Å². The molecule has 0 unspecified atom stereocenters. The van der Waals surface area contributed by atoms with Crippen molar-refractivity contribution in [3.05, 3.63) is 41.3 Å². The largest absolute Gasteiger partial charge is 0.353 e. The van der Waals surface area contributed by atoms with Crippen LogP contribution in [-0.2, 0) is 6.42 Å². The molecule has 0 amide bonds. The summed E-state index contributed by atoms with van der Waals surface area (Å²) in [6.45, 7) is 4.12. The summed E-state index contributed by atoms with van der Waals surface area (Å²) in [4.78, 5) is 12.6. The maximum absolute atomic E-state index is 5.45. The van der Waals surface area contributed by atoms with Crippen LogP contribution in [0.3, 0.4) is 0 Å². The number of hydrogen-bond donors (Lipinski definition) is 1. The van der Waals surface area contributed by atoms with Gasteiger partial charge in [0.1, 0.15) is 5.69 Å². The predicted molar refractivity (Wildman–Crippen MR) is 107 cm³/mol. The van der Waals surface area contributed by atoms with Gasteiger partial charge in [0.25, 0.3) is 5.89 Å². The first-order valence-electron chi connectivity index (χ1n) is 9.98. The van der Waals surface area contributed by atoms with Gasteiger partial charge in [-0.15, -0.1) is 0 Å². The van der Waals surface area contributed by atoms with Gasteiger partial charge in [-0.1, -0.05) is 37.4 Å². The van der Waals surface area contributed by atoms with Crippen LogP contribution in [0.15, 0.2) is 28.9 Å². The van der Waals surface area contributed by atoms with Crippen LogP contribution in [0.2, 0.25) is 0 Å². The summed E-state index contributed by atoms with van der Waals surface area (Å²) >= 11 is 0. The Morgan fingerprint density at radius 1 is 1.15 bits per heavy atom. The van der Waals surface area contributed by atoms with Gasteiger partial charge < -0.3 is 9.51 Å². The zero-order valence-electron chi connectivity index (χ0n) is 15.9. The summed E-state index contributed by atoms with van der Waals surface area (Å²) in [6, 6.07) is 6.90. The third-order valence-corrected chi connectivity index (χ3v) is 5.97. The Labute approximate surface area is 158 Å². The molecule has 3 aromatic heterocycles. The Balaban J connectivity index is 1.67. The highest BCUT2D eigenvalue weighted by molar-refractivity contribution is 6.10. The summed E-state index contributed by atoms with van der Waals surface area (Å²) in [7, 11) is 0. The van der Waals surface area contributed by atoms with Crippen LogP contribution < -0.4 is 0 Å². The van der Waals surface area contributed by atoms with Crippen molar-refractivity contribution in [3.63, 3.8) is 0 Å². The van der Waals surface area contributed by atoms with Crippen molar-refractivity contribution in [1.29, 1.82) is 0 Å². The zero-order valence-corrected chi connectivity index (χ0v) is 15.9. The second-order valence-electron chi connectivity index (χ2n) is 7.65. The third kappa shape index (κ3) is 2.73. The molecule has 0 bridgehead atoms. The first-order valence-corrected chi connectivity index (χ1v) is 9.98. The topological polar surface area (TPSA) is 67.6 Å². The van der Waals surface area contributed by atoms with Crippen LogP contribution in [0, 0.1) is 6.92 Å². The number of aromatic nitrogens is 4. The highest BCUT2D eigenvalue weighted by atomic mass is 16.5. The lowest BCUT2D eigenvalue weighted by Crippen LogP contribution is -2.04. The van der Waals surface area contributed by atoms with Gasteiger partial charge >= 0.3 is 0 Å². The Kier molecular flexibility index (Phi) is 3.96. The highest BCUT2D eigenvalue weighted by Gasteiger charge is 2.19. The molecular weight excluding hydrogens is 336 g/mol. The molecule has 138 valence electrons. The predicted octanol–water partition coefficient (Wildman–Crippen LogP) is 5.68. The van der Waals surface area contributed by atoms with Gasteiger partial charge in [0.05, 0.1) is 11.7 Å². The molecule has 5 nitrogen and oxygen atoms in total. The van der Waals surface area contributed by atoms with E-state index >= 15 is 0 Å². The van der Waals surface area contributed by atoms with Gasteiger partial charge in [-0.05, 0) is 48.9 Å². The monoisotopic (exact) mass is 360 g/mol. The number of rotatable bonds is 3. The average molecular weight is 360 g/mol. The van der Waals surface area contributed by atoms with E-state index in [1.807, 2.05) is 13.1 Å². The standard InChI is InChI=1S/C22H24N4O/c1-3-19-25-22(27-26-19)21-13(2)20-16-11-15(14-7-5-4-6-8-14)9-10-17(16)24-18(20)12-23-21/h9-12,14,24H,3-8H2,1-2H3. The summed E-state index contributed by atoms with van der Waals surface area (Å²) in [6.07, 6.45) is 9.32. The van der Waals surface area contributed by atoms with Crippen molar-refractivity contribution in [2.75, 3.05) is 0 Å². The normalized spacial score (nSPS) is 15.8. The van der Waals surface area contributed by atoms with Crippen molar-refractivity contribution in [1.82, 2.24) is 20.1 Å². The minimum Gasteiger partial charge on any atom is -0.353 e. The number of hydrogen-bond acceptors (Lipinski definition) is 4. The first-order chi connectivity index (χ1) is 13.2. The second-order valence-corrected chi connectivity index (χ2v) is 7.65. The van der Waals surface area contributed by atoms with E-state index in [1.165, 1.54) is 48.4 Å². The highest BCUT2D eigenvalue weighted by Crippen LogP contribution is 2.37. The minimum atomic E-state index is 0.504.